The van der Waals surface area contributed by atoms with Crippen LogP contribution in [-0.4, -0.2) is 61.4 Å². The fraction of sp³-hybridized carbons (Fsp3) is 0.350. The van der Waals surface area contributed by atoms with E-state index in [4.69, 9.17) is 9.47 Å². The molecule has 0 bridgehead atoms. The molecular formula is C20H22FN3O3. The SMILES string of the molecule is O=C(NCCN1CCN(C2Oc3ccccc3O2)CC1)c1ccc(F)cc1. The molecule has 27 heavy (non-hydrogen) atoms. The van der Waals surface area contributed by atoms with Gasteiger partial charge in [0.2, 0.25) is 0 Å². The number of halogens is 1. The van der Waals surface area contributed by atoms with E-state index < -0.39 is 0 Å². The summed E-state index contributed by atoms with van der Waals surface area (Å²) in [5.74, 6) is 1.05. The molecule has 0 radical (unpaired) electrons. The van der Waals surface area contributed by atoms with Gasteiger partial charge in [-0.1, -0.05) is 12.1 Å². The van der Waals surface area contributed by atoms with E-state index in [1.807, 2.05) is 24.3 Å². The molecule has 2 aliphatic heterocycles. The van der Waals surface area contributed by atoms with Crippen LogP contribution < -0.4 is 14.8 Å². The van der Waals surface area contributed by atoms with Crippen molar-refractivity contribution in [1.29, 1.82) is 0 Å². The van der Waals surface area contributed by atoms with Gasteiger partial charge in [-0.3, -0.25) is 9.69 Å². The van der Waals surface area contributed by atoms with Gasteiger partial charge in [0.25, 0.3) is 5.91 Å². The van der Waals surface area contributed by atoms with Crippen molar-refractivity contribution in [2.75, 3.05) is 39.3 Å². The van der Waals surface area contributed by atoms with Crippen molar-refractivity contribution < 1.29 is 18.7 Å². The molecular weight excluding hydrogens is 349 g/mol. The van der Waals surface area contributed by atoms with E-state index in [-0.39, 0.29) is 18.1 Å². The Morgan fingerprint density at radius 2 is 1.63 bits per heavy atom. The molecule has 4 rings (SSSR count). The highest BCUT2D eigenvalue weighted by Crippen LogP contribution is 2.35. The number of benzene rings is 2. The number of piperazine rings is 1. The van der Waals surface area contributed by atoms with Crippen molar-refractivity contribution in [3.8, 4) is 11.5 Å². The summed E-state index contributed by atoms with van der Waals surface area (Å²) < 4.78 is 24.6. The van der Waals surface area contributed by atoms with Crippen LogP contribution in [0.15, 0.2) is 48.5 Å². The predicted molar refractivity (Wildman–Crippen MR) is 98.2 cm³/mol. The number of carbonyl (C=O) groups excluding carboxylic acids is 1. The molecule has 142 valence electrons. The maximum absolute atomic E-state index is 12.9. The van der Waals surface area contributed by atoms with Gasteiger partial charge in [0, 0.05) is 44.8 Å². The van der Waals surface area contributed by atoms with Crippen LogP contribution in [0, 0.1) is 5.82 Å². The monoisotopic (exact) mass is 371 g/mol. The summed E-state index contributed by atoms with van der Waals surface area (Å²) in [4.78, 5) is 16.5. The molecule has 0 aliphatic carbocycles. The number of carbonyl (C=O) groups is 1. The molecule has 0 unspecified atom stereocenters. The van der Waals surface area contributed by atoms with Crippen molar-refractivity contribution in [2.24, 2.45) is 0 Å². The maximum Gasteiger partial charge on any atom is 0.305 e. The van der Waals surface area contributed by atoms with Crippen LogP contribution in [-0.2, 0) is 0 Å². The van der Waals surface area contributed by atoms with Gasteiger partial charge in [0.05, 0.1) is 0 Å². The summed E-state index contributed by atoms with van der Waals surface area (Å²) in [6, 6.07) is 13.3. The topological polar surface area (TPSA) is 54.0 Å². The minimum Gasteiger partial charge on any atom is -0.438 e. The van der Waals surface area contributed by atoms with Crippen molar-refractivity contribution in [2.45, 2.75) is 6.41 Å². The number of ether oxygens (including phenoxy) is 2. The first-order valence-electron chi connectivity index (χ1n) is 9.11. The smallest absolute Gasteiger partial charge is 0.305 e. The molecule has 6 nitrogen and oxygen atoms in total. The zero-order valence-electron chi connectivity index (χ0n) is 14.9. The number of nitrogens with zero attached hydrogens (tertiary/aromatic N) is 2. The maximum atomic E-state index is 12.9. The lowest BCUT2D eigenvalue weighted by Gasteiger charge is -2.36. The molecule has 7 heteroatoms. The third kappa shape index (κ3) is 4.20. The lowest BCUT2D eigenvalue weighted by atomic mass is 10.2. The van der Waals surface area contributed by atoms with Crippen LogP contribution in [0.4, 0.5) is 4.39 Å². The first-order valence-corrected chi connectivity index (χ1v) is 9.11. The van der Waals surface area contributed by atoms with Crippen LogP contribution in [0.1, 0.15) is 10.4 Å². The molecule has 1 amide bonds. The molecule has 1 fully saturated rings. The summed E-state index contributed by atoms with van der Waals surface area (Å²) in [5, 5.41) is 2.88. The van der Waals surface area contributed by atoms with E-state index in [1.54, 1.807) is 0 Å². The van der Waals surface area contributed by atoms with E-state index in [2.05, 4.69) is 15.1 Å². The second-order valence-electron chi connectivity index (χ2n) is 6.63. The quantitative estimate of drug-likeness (QED) is 0.871. The van der Waals surface area contributed by atoms with Crippen LogP contribution in [0.2, 0.25) is 0 Å². The van der Waals surface area contributed by atoms with Gasteiger partial charge in [-0.2, -0.15) is 0 Å². The molecule has 2 aromatic carbocycles. The van der Waals surface area contributed by atoms with Crippen molar-refractivity contribution >= 4 is 5.91 Å². The average molecular weight is 371 g/mol. The van der Waals surface area contributed by atoms with Crippen molar-refractivity contribution in [3.05, 3.63) is 59.9 Å². The van der Waals surface area contributed by atoms with E-state index in [1.165, 1.54) is 24.3 Å². The zero-order valence-corrected chi connectivity index (χ0v) is 14.9. The fourth-order valence-corrected chi connectivity index (χ4v) is 3.26. The van der Waals surface area contributed by atoms with Crippen molar-refractivity contribution in [3.63, 3.8) is 0 Å². The highest BCUT2D eigenvalue weighted by Gasteiger charge is 2.31. The Hall–Kier alpha value is -2.64. The molecule has 0 saturated carbocycles. The van der Waals surface area contributed by atoms with Crippen molar-refractivity contribution in [1.82, 2.24) is 15.1 Å². The minimum atomic E-state index is -0.359. The number of nitrogens with one attached hydrogen (secondary N) is 1. The van der Waals surface area contributed by atoms with Gasteiger partial charge in [-0.25, -0.2) is 9.29 Å². The van der Waals surface area contributed by atoms with E-state index in [9.17, 15) is 9.18 Å². The summed E-state index contributed by atoms with van der Waals surface area (Å²) >= 11 is 0. The van der Waals surface area contributed by atoms with Crippen LogP contribution >= 0.6 is 0 Å². The average Bonchev–Trinajstić information content (AvgIpc) is 3.13. The molecule has 2 heterocycles. The van der Waals surface area contributed by atoms with Gasteiger partial charge in [-0.15, -0.1) is 0 Å². The number of rotatable bonds is 5. The Morgan fingerprint density at radius 3 is 2.26 bits per heavy atom. The Labute approximate surface area is 157 Å². The highest BCUT2D eigenvalue weighted by atomic mass is 19.1. The van der Waals surface area contributed by atoms with Gasteiger partial charge in [0.1, 0.15) is 5.82 Å². The third-order valence-corrected chi connectivity index (χ3v) is 4.83. The fourth-order valence-electron chi connectivity index (χ4n) is 3.26. The lowest BCUT2D eigenvalue weighted by molar-refractivity contribution is -0.103. The summed E-state index contributed by atoms with van der Waals surface area (Å²) in [5.41, 5.74) is 0.469. The molecule has 1 N–H and O–H groups in total. The molecule has 2 aromatic rings. The number of amides is 1. The number of hydrogen-bond donors (Lipinski definition) is 1. The number of fused-ring (bicyclic) bond motifs is 1. The van der Waals surface area contributed by atoms with Crippen LogP contribution in [0.3, 0.4) is 0 Å². The van der Waals surface area contributed by atoms with E-state index in [0.717, 1.165) is 44.2 Å². The molecule has 0 aromatic heterocycles. The number of para-hydroxylation sites is 2. The molecule has 0 spiro atoms. The standard InChI is InChI=1S/C20H22FN3O3/c21-16-7-5-15(6-8-16)19(25)22-9-10-23-11-13-24(14-12-23)20-26-17-3-1-2-4-18(17)27-20/h1-8,20H,9-14H2,(H,22,25). The van der Waals surface area contributed by atoms with Gasteiger partial charge >= 0.3 is 6.41 Å². The largest absolute Gasteiger partial charge is 0.438 e. The van der Waals surface area contributed by atoms with E-state index in [0.29, 0.717) is 12.1 Å². The second-order valence-corrected chi connectivity index (χ2v) is 6.63. The van der Waals surface area contributed by atoms with Gasteiger partial charge in [0.15, 0.2) is 11.5 Å². The Kier molecular flexibility index (Phi) is 5.22. The predicted octanol–water partition coefficient (Wildman–Crippen LogP) is 1.93. The minimum absolute atomic E-state index is 0.181. The Morgan fingerprint density at radius 1 is 1.00 bits per heavy atom. The Bertz CT molecular complexity index is 766. The third-order valence-electron chi connectivity index (χ3n) is 4.83. The molecule has 0 atom stereocenters. The highest BCUT2D eigenvalue weighted by molar-refractivity contribution is 5.94. The normalized spacial score (nSPS) is 17.8. The first-order chi connectivity index (χ1) is 13.2. The summed E-state index contributed by atoms with van der Waals surface area (Å²) in [7, 11) is 0. The second kappa shape index (κ2) is 7.94. The molecule has 2 aliphatic rings. The number of hydrogen-bond acceptors (Lipinski definition) is 5. The Balaban J connectivity index is 1.18. The first kappa shape index (κ1) is 17.8. The van der Waals surface area contributed by atoms with Gasteiger partial charge < -0.3 is 14.8 Å². The van der Waals surface area contributed by atoms with Gasteiger partial charge in [-0.05, 0) is 36.4 Å². The summed E-state index contributed by atoms with van der Waals surface area (Å²) in [6.07, 6.45) is -0.359. The van der Waals surface area contributed by atoms with Crippen LogP contribution in [0.5, 0.6) is 11.5 Å². The molecule has 1 saturated heterocycles. The lowest BCUT2D eigenvalue weighted by Crippen LogP contribution is -2.53. The van der Waals surface area contributed by atoms with E-state index >= 15 is 0 Å². The van der Waals surface area contributed by atoms with Crippen LogP contribution in [0.25, 0.3) is 0 Å². The summed E-state index contributed by atoms with van der Waals surface area (Å²) in [6.45, 7) is 4.76. The zero-order chi connectivity index (χ0) is 18.6.